The summed E-state index contributed by atoms with van der Waals surface area (Å²) in [6.07, 6.45) is 6.83. The molecule has 88 valence electrons. The first-order valence-electron chi connectivity index (χ1n) is 5.33. The third-order valence-electron chi connectivity index (χ3n) is 2.95. The third-order valence-corrected chi connectivity index (χ3v) is 4.04. The van der Waals surface area contributed by atoms with Crippen molar-refractivity contribution in [2.45, 2.75) is 30.6 Å². The lowest BCUT2D eigenvalue weighted by Gasteiger charge is -2.12. The summed E-state index contributed by atoms with van der Waals surface area (Å²) in [6, 6.07) is 0.271. The highest BCUT2D eigenvalue weighted by Gasteiger charge is 2.26. The van der Waals surface area contributed by atoms with Crippen LogP contribution in [0.2, 0.25) is 0 Å². The summed E-state index contributed by atoms with van der Waals surface area (Å²) in [7, 11) is 0. The number of thioether (sulfide) groups is 1. The molecular weight excluding hydrogens is 224 g/mol. The van der Waals surface area contributed by atoms with Gasteiger partial charge in [0.05, 0.1) is 11.9 Å². The predicted molar refractivity (Wildman–Crippen MR) is 65.4 cm³/mol. The Hall–Kier alpha value is -1.17. The summed E-state index contributed by atoms with van der Waals surface area (Å²) in [6.45, 7) is 0. The Bertz CT molecular complexity index is 379. The van der Waals surface area contributed by atoms with E-state index < -0.39 is 0 Å². The maximum atomic E-state index is 11.8. The number of carbonyl (C=O) groups excluding carboxylic acids is 1. The molecule has 1 aromatic heterocycles. The smallest absolute Gasteiger partial charge is 0.271 e. The van der Waals surface area contributed by atoms with Crippen molar-refractivity contribution in [3.05, 3.63) is 11.9 Å². The fraction of sp³-hybridized carbons (Fsp3) is 0.600. The van der Waals surface area contributed by atoms with Crippen LogP contribution in [0, 0.1) is 0 Å². The molecule has 1 fully saturated rings. The van der Waals surface area contributed by atoms with Gasteiger partial charge >= 0.3 is 0 Å². The number of anilines is 1. The molecule has 1 heterocycles. The van der Waals surface area contributed by atoms with Gasteiger partial charge in [-0.2, -0.15) is 16.9 Å². The molecule has 2 rings (SSSR count). The zero-order valence-electron chi connectivity index (χ0n) is 9.19. The van der Waals surface area contributed by atoms with Crippen LogP contribution in [0.15, 0.2) is 6.20 Å². The molecule has 2 unspecified atom stereocenters. The van der Waals surface area contributed by atoms with Crippen LogP contribution in [0.3, 0.4) is 0 Å². The van der Waals surface area contributed by atoms with Crippen molar-refractivity contribution in [1.29, 1.82) is 0 Å². The van der Waals surface area contributed by atoms with E-state index in [9.17, 15) is 4.79 Å². The molecule has 0 saturated heterocycles. The van der Waals surface area contributed by atoms with E-state index in [1.165, 1.54) is 12.6 Å². The van der Waals surface area contributed by atoms with E-state index in [0.717, 1.165) is 12.8 Å². The quantitative estimate of drug-likeness (QED) is 0.736. The average molecular weight is 240 g/mol. The lowest BCUT2D eigenvalue weighted by Crippen LogP contribution is -2.33. The number of nitrogens with two attached hydrogens (primary N) is 1. The zero-order valence-corrected chi connectivity index (χ0v) is 10.0. The van der Waals surface area contributed by atoms with Crippen LogP contribution in [-0.4, -0.2) is 33.7 Å². The minimum absolute atomic E-state index is 0.151. The first-order chi connectivity index (χ1) is 7.70. The van der Waals surface area contributed by atoms with Crippen molar-refractivity contribution < 1.29 is 4.79 Å². The molecular formula is C10H16N4OS. The Morgan fingerprint density at radius 2 is 2.50 bits per heavy atom. The Morgan fingerprint density at radius 3 is 3.06 bits per heavy atom. The topological polar surface area (TPSA) is 83.8 Å². The van der Waals surface area contributed by atoms with Gasteiger partial charge < -0.3 is 11.1 Å². The Kier molecular flexibility index (Phi) is 3.38. The monoisotopic (exact) mass is 240 g/mol. The lowest BCUT2D eigenvalue weighted by molar-refractivity contribution is 0.0934. The zero-order chi connectivity index (χ0) is 11.5. The molecule has 0 aromatic carbocycles. The van der Waals surface area contributed by atoms with E-state index in [2.05, 4.69) is 21.8 Å². The van der Waals surface area contributed by atoms with Gasteiger partial charge in [0.15, 0.2) is 0 Å². The van der Waals surface area contributed by atoms with Crippen LogP contribution in [-0.2, 0) is 0 Å². The summed E-state index contributed by atoms with van der Waals surface area (Å²) in [5, 5.41) is 10.00. The molecule has 4 N–H and O–H groups in total. The van der Waals surface area contributed by atoms with E-state index >= 15 is 0 Å². The molecule has 6 heteroatoms. The molecule has 16 heavy (non-hydrogen) atoms. The van der Waals surface area contributed by atoms with Crippen molar-refractivity contribution in [2.75, 3.05) is 12.0 Å². The van der Waals surface area contributed by atoms with Crippen molar-refractivity contribution in [3.63, 3.8) is 0 Å². The second kappa shape index (κ2) is 4.78. The average Bonchev–Trinajstić information content (AvgIpc) is 2.86. The molecule has 2 atom stereocenters. The Morgan fingerprint density at radius 1 is 1.69 bits per heavy atom. The maximum absolute atomic E-state index is 11.8. The number of amides is 1. The van der Waals surface area contributed by atoms with Crippen molar-refractivity contribution in [1.82, 2.24) is 15.5 Å². The first kappa shape index (κ1) is 11.3. The maximum Gasteiger partial charge on any atom is 0.271 e. The minimum atomic E-state index is -0.151. The van der Waals surface area contributed by atoms with Gasteiger partial charge in [0.25, 0.3) is 5.91 Å². The number of nitrogens with one attached hydrogen (secondary N) is 2. The van der Waals surface area contributed by atoms with Crippen molar-refractivity contribution in [2.24, 2.45) is 0 Å². The molecule has 0 spiro atoms. The van der Waals surface area contributed by atoms with Crippen LogP contribution < -0.4 is 11.1 Å². The molecule has 0 aliphatic heterocycles. The van der Waals surface area contributed by atoms with Gasteiger partial charge in [-0.3, -0.25) is 9.89 Å². The van der Waals surface area contributed by atoms with Gasteiger partial charge in [-0.1, -0.05) is 0 Å². The SMILES string of the molecule is CSC1CCC(NC(=O)c2[nH]ncc2N)C1. The van der Waals surface area contributed by atoms with Crippen LogP contribution in [0.5, 0.6) is 0 Å². The summed E-state index contributed by atoms with van der Waals surface area (Å²) in [5.41, 5.74) is 6.38. The number of nitrogens with zero attached hydrogens (tertiary/aromatic N) is 1. The molecule has 1 aliphatic rings. The second-order valence-electron chi connectivity index (χ2n) is 4.04. The number of hydrogen-bond donors (Lipinski definition) is 3. The fourth-order valence-corrected chi connectivity index (χ4v) is 2.82. The number of rotatable bonds is 3. The van der Waals surface area contributed by atoms with Crippen LogP contribution in [0.1, 0.15) is 29.8 Å². The van der Waals surface area contributed by atoms with E-state index in [1.54, 1.807) is 0 Å². The number of carbonyl (C=O) groups is 1. The molecule has 1 aliphatic carbocycles. The lowest BCUT2D eigenvalue weighted by atomic mass is 10.2. The first-order valence-corrected chi connectivity index (χ1v) is 6.62. The van der Waals surface area contributed by atoms with Crippen molar-refractivity contribution >= 4 is 23.4 Å². The van der Waals surface area contributed by atoms with Crippen molar-refractivity contribution in [3.8, 4) is 0 Å². The van der Waals surface area contributed by atoms with E-state index in [1.807, 2.05) is 11.8 Å². The molecule has 1 amide bonds. The van der Waals surface area contributed by atoms with Gasteiger partial charge in [-0.15, -0.1) is 0 Å². The molecule has 0 bridgehead atoms. The summed E-state index contributed by atoms with van der Waals surface area (Å²) in [5.74, 6) is -0.151. The van der Waals surface area contributed by atoms with Gasteiger partial charge in [0, 0.05) is 11.3 Å². The normalized spacial score (nSPS) is 24.6. The molecule has 1 aromatic rings. The number of aromatic nitrogens is 2. The second-order valence-corrected chi connectivity index (χ2v) is 5.18. The standard InChI is InChI=1S/C10H16N4OS/c1-16-7-3-2-6(4-7)13-10(15)9-8(11)5-12-14-9/h5-7H,2-4,11H2,1H3,(H,12,14)(H,13,15). The van der Waals surface area contributed by atoms with Crippen LogP contribution in [0.4, 0.5) is 5.69 Å². The highest BCUT2D eigenvalue weighted by molar-refractivity contribution is 7.99. The molecule has 5 nitrogen and oxygen atoms in total. The Balaban J connectivity index is 1.91. The van der Waals surface area contributed by atoms with E-state index in [-0.39, 0.29) is 11.9 Å². The minimum Gasteiger partial charge on any atom is -0.396 e. The summed E-state index contributed by atoms with van der Waals surface area (Å²) >= 11 is 1.87. The van der Waals surface area contributed by atoms with Gasteiger partial charge in [0.2, 0.25) is 0 Å². The Labute approximate surface area is 98.6 Å². The van der Waals surface area contributed by atoms with Gasteiger partial charge in [-0.25, -0.2) is 0 Å². The number of hydrogen-bond acceptors (Lipinski definition) is 4. The predicted octanol–water partition coefficient (Wildman–Crippen LogP) is 1.01. The molecule has 0 radical (unpaired) electrons. The van der Waals surface area contributed by atoms with E-state index in [4.69, 9.17) is 5.73 Å². The summed E-state index contributed by atoms with van der Waals surface area (Å²) in [4.78, 5) is 11.8. The highest BCUT2D eigenvalue weighted by Crippen LogP contribution is 2.28. The van der Waals surface area contributed by atoms with Gasteiger partial charge in [0.1, 0.15) is 5.69 Å². The largest absolute Gasteiger partial charge is 0.396 e. The molecule has 1 saturated carbocycles. The summed E-state index contributed by atoms with van der Waals surface area (Å²) < 4.78 is 0. The van der Waals surface area contributed by atoms with Gasteiger partial charge in [-0.05, 0) is 25.5 Å². The fourth-order valence-electron chi connectivity index (χ4n) is 2.02. The number of aromatic amines is 1. The van der Waals surface area contributed by atoms with Crippen LogP contribution >= 0.6 is 11.8 Å². The number of nitrogen functional groups attached to an aromatic ring is 1. The number of H-pyrrole nitrogens is 1. The third kappa shape index (κ3) is 2.32. The van der Waals surface area contributed by atoms with Crippen LogP contribution in [0.25, 0.3) is 0 Å². The van der Waals surface area contributed by atoms with E-state index in [0.29, 0.717) is 16.6 Å². The highest BCUT2D eigenvalue weighted by atomic mass is 32.2.